The van der Waals surface area contributed by atoms with E-state index < -0.39 is 0 Å². The van der Waals surface area contributed by atoms with E-state index in [0.29, 0.717) is 6.04 Å². The minimum Gasteiger partial charge on any atom is -0.336 e. The molecule has 0 bridgehead atoms. The molecule has 3 nitrogen and oxygen atoms in total. The van der Waals surface area contributed by atoms with Crippen LogP contribution in [0.5, 0.6) is 0 Å². The van der Waals surface area contributed by atoms with Gasteiger partial charge in [0, 0.05) is 36.5 Å². The predicted octanol–water partition coefficient (Wildman–Crippen LogP) is 3.67. The molecule has 1 heterocycles. The molecule has 1 N–H and O–H groups in total. The lowest BCUT2D eigenvalue weighted by Gasteiger charge is -2.19. The van der Waals surface area contributed by atoms with Gasteiger partial charge in [-0.25, -0.2) is 4.98 Å². The first-order chi connectivity index (χ1) is 9.29. The molecular weight excluding hydrogens is 258 g/mol. The summed E-state index contributed by atoms with van der Waals surface area (Å²) in [6.07, 6.45) is 7.93. The van der Waals surface area contributed by atoms with Crippen LogP contribution in [0.4, 0.5) is 0 Å². The molecule has 4 heteroatoms. The van der Waals surface area contributed by atoms with Crippen molar-refractivity contribution in [3.8, 4) is 0 Å². The van der Waals surface area contributed by atoms with E-state index in [1.807, 2.05) is 30.9 Å². The summed E-state index contributed by atoms with van der Waals surface area (Å²) in [5, 5.41) is 4.39. The first-order valence-electron chi connectivity index (χ1n) is 6.74. The molecule has 0 radical (unpaired) electrons. The maximum atomic E-state index is 5.93. The van der Waals surface area contributed by atoms with Crippen molar-refractivity contribution in [3.05, 3.63) is 53.6 Å². The van der Waals surface area contributed by atoms with Crippen molar-refractivity contribution in [2.45, 2.75) is 32.4 Å². The topological polar surface area (TPSA) is 29.9 Å². The molecular formula is C15H20ClN3. The molecule has 1 unspecified atom stereocenters. The normalized spacial score (nSPS) is 12.5. The van der Waals surface area contributed by atoms with Crippen LogP contribution >= 0.6 is 11.6 Å². The zero-order chi connectivity index (χ0) is 13.5. The molecule has 0 saturated heterocycles. The Labute approximate surface area is 119 Å². The van der Waals surface area contributed by atoms with Gasteiger partial charge in [0.2, 0.25) is 0 Å². The Bertz CT molecular complexity index is 465. The van der Waals surface area contributed by atoms with Crippen LogP contribution in [0, 0.1) is 0 Å². The van der Waals surface area contributed by atoms with Gasteiger partial charge in [-0.05, 0) is 24.1 Å². The van der Waals surface area contributed by atoms with Gasteiger partial charge in [-0.1, -0.05) is 37.1 Å². The highest BCUT2D eigenvalue weighted by molar-refractivity contribution is 6.30. The van der Waals surface area contributed by atoms with Gasteiger partial charge in [0.15, 0.2) is 0 Å². The van der Waals surface area contributed by atoms with Gasteiger partial charge < -0.3 is 9.88 Å². The Hall–Kier alpha value is -1.32. The van der Waals surface area contributed by atoms with Crippen molar-refractivity contribution < 1.29 is 0 Å². The lowest BCUT2D eigenvalue weighted by atomic mass is 10.0. The molecule has 19 heavy (non-hydrogen) atoms. The summed E-state index contributed by atoms with van der Waals surface area (Å²) in [6.45, 7) is 4.08. The average molecular weight is 278 g/mol. The van der Waals surface area contributed by atoms with Crippen LogP contribution in [0.3, 0.4) is 0 Å². The Kier molecular flexibility index (Phi) is 5.43. The molecule has 2 aromatic rings. The van der Waals surface area contributed by atoms with Gasteiger partial charge in [0.25, 0.3) is 0 Å². The van der Waals surface area contributed by atoms with Crippen LogP contribution in [-0.4, -0.2) is 16.1 Å². The smallest absolute Gasteiger partial charge is 0.0946 e. The molecule has 102 valence electrons. The summed E-state index contributed by atoms with van der Waals surface area (Å²) < 4.78 is 2.08. The Morgan fingerprint density at radius 3 is 2.74 bits per heavy atom. The zero-order valence-corrected chi connectivity index (χ0v) is 12.0. The maximum Gasteiger partial charge on any atom is 0.0946 e. The van der Waals surface area contributed by atoms with Crippen LogP contribution < -0.4 is 5.32 Å². The highest BCUT2D eigenvalue weighted by Crippen LogP contribution is 2.20. The molecule has 0 fully saturated rings. The molecule has 0 spiro atoms. The van der Waals surface area contributed by atoms with Gasteiger partial charge in [-0.15, -0.1) is 0 Å². The SMILES string of the molecule is CCCC(NCCn1ccnc1)c1ccc(Cl)cc1. The third-order valence-electron chi connectivity index (χ3n) is 3.17. The van der Waals surface area contributed by atoms with Gasteiger partial charge in [-0.2, -0.15) is 0 Å². The zero-order valence-electron chi connectivity index (χ0n) is 11.2. The maximum absolute atomic E-state index is 5.93. The fourth-order valence-corrected chi connectivity index (χ4v) is 2.28. The standard InChI is InChI=1S/C15H20ClN3/c1-2-3-15(13-4-6-14(16)7-5-13)18-9-11-19-10-8-17-12-19/h4-8,10,12,15,18H,2-3,9,11H2,1H3. The van der Waals surface area contributed by atoms with Crippen molar-refractivity contribution in [2.75, 3.05) is 6.54 Å². The summed E-state index contributed by atoms with van der Waals surface area (Å²) in [7, 11) is 0. The number of rotatable bonds is 7. The second kappa shape index (κ2) is 7.31. The highest BCUT2D eigenvalue weighted by Gasteiger charge is 2.09. The number of halogens is 1. The summed E-state index contributed by atoms with van der Waals surface area (Å²) in [4.78, 5) is 4.04. The first-order valence-corrected chi connectivity index (χ1v) is 7.12. The van der Waals surface area contributed by atoms with E-state index in [4.69, 9.17) is 11.6 Å². The van der Waals surface area contributed by atoms with Gasteiger partial charge in [-0.3, -0.25) is 0 Å². The molecule has 0 amide bonds. The van der Waals surface area contributed by atoms with E-state index in [1.54, 1.807) is 0 Å². The number of aromatic nitrogens is 2. The number of nitrogens with one attached hydrogen (secondary N) is 1. The minimum absolute atomic E-state index is 0.394. The molecule has 1 atom stereocenters. The molecule has 1 aromatic heterocycles. The van der Waals surface area contributed by atoms with E-state index in [9.17, 15) is 0 Å². The minimum atomic E-state index is 0.394. The second-order valence-corrected chi connectivity index (χ2v) is 5.08. The van der Waals surface area contributed by atoms with Crippen molar-refractivity contribution in [1.82, 2.24) is 14.9 Å². The number of nitrogens with zero attached hydrogens (tertiary/aromatic N) is 2. The van der Waals surface area contributed by atoms with E-state index in [2.05, 4.69) is 33.9 Å². The Morgan fingerprint density at radius 1 is 1.32 bits per heavy atom. The Morgan fingerprint density at radius 2 is 2.11 bits per heavy atom. The van der Waals surface area contributed by atoms with Crippen LogP contribution in [-0.2, 0) is 6.54 Å². The van der Waals surface area contributed by atoms with Gasteiger partial charge in [0.05, 0.1) is 6.33 Å². The summed E-state index contributed by atoms with van der Waals surface area (Å²) in [5.74, 6) is 0. The van der Waals surface area contributed by atoms with Crippen LogP contribution in [0.1, 0.15) is 31.4 Å². The van der Waals surface area contributed by atoms with E-state index in [1.165, 1.54) is 5.56 Å². The quantitative estimate of drug-likeness (QED) is 0.837. The average Bonchev–Trinajstić information content (AvgIpc) is 2.92. The van der Waals surface area contributed by atoms with E-state index in [0.717, 1.165) is 31.0 Å². The lowest BCUT2D eigenvalue weighted by molar-refractivity contribution is 0.473. The lowest BCUT2D eigenvalue weighted by Crippen LogP contribution is -2.25. The fourth-order valence-electron chi connectivity index (χ4n) is 2.16. The monoisotopic (exact) mass is 277 g/mol. The number of benzene rings is 1. The molecule has 0 aliphatic heterocycles. The molecule has 0 saturated carbocycles. The molecule has 2 rings (SSSR count). The fraction of sp³-hybridized carbons (Fsp3) is 0.400. The third-order valence-corrected chi connectivity index (χ3v) is 3.42. The Balaban J connectivity index is 1.90. The summed E-state index contributed by atoms with van der Waals surface area (Å²) in [5.41, 5.74) is 1.30. The second-order valence-electron chi connectivity index (χ2n) is 4.65. The van der Waals surface area contributed by atoms with Crippen LogP contribution in [0.25, 0.3) is 0 Å². The predicted molar refractivity (Wildman–Crippen MR) is 79.3 cm³/mol. The summed E-state index contributed by atoms with van der Waals surface area (Å²) >= 11 is 5.93. The van der Waals surface area contributed by atoms with Crippen LogP contribution in [0.2, 0.25) is 5.02 Å². The highest BCUT2D eigenvalue weighted by atomic mass is 35.5. The van der Waals surface area contributed by atoms with E-state index >= 15 is 0 Å². The van der Waals surface area contributed by atoms with Crippen LogP contribution in [0.15, 0.2) is 43.0 Å². The van der Waals surface area contributed by atoms with Gasteiger partial charge in [0.1, 0.15) is 0 Å². The number of imidazole rings is 1. The first kappa shape index (κ1) is 14.1. The molecule has 0 aliphatic rings. The van der Waals surface area contributed by atoms with Crippen molar-refractivity contribution in [2.24, 2.45) is 0 Å². The summed E-state index contributed by atoms with van der Waals surface area (Å²) in [6, 6.07) is 8.51. The van der Waals surface area contributed by atoms with Crippen molar-refractivity contribution in [1.29, 1.82) is 0 Å². The number of hydrogen-bond acceptors (Lipinski definition) is 2. The van der Waals surface area contributed by atoms with Gasteiger partial charge >= 0.3 is 0 Å². The van der Waals surface area contributed by atoms with Crippen molar-refractivity contribution in [3.63, 3.8) is 0 Å². The number of hydrogen-bond donors (Lipinski definition) is 1. The largest absolute Gasteiger partial charge is 0.336 e. The molecule has 0 aliphatic carbocycles. The van der Waals surface area contributed by atoms with Crippen molar-refractivity contribution >= 4 is 11.6 Å². The molecule has 1 aromatic carbocycles. The van der Waals surface area contributed by atoms with E-state index in [-0.39, 0.29) is 0 Å². The third kappa shape index (κ3) is 4.37.